The quantitative estimate of drug-likeness (QED) is 0.443. The second-order valence-corrected chi connectivity index (χ2v) is 7.99. The van der Waals surface area contributed by atoms with Crippen molar-refractivity contribution in [3.63, 3.8) is 0 Å². The van der Waals surface area contributed by atoms with Gasteiger partial charge in [0.2, 0.25) is 22.0 Å². The molecule has 0 aromatic heterocycles. The lowest BCUT2D eigenvalue weighted by Gasteiger charge is -1.98. The van der Waals surface area contributed by atoms with E-state index < -0.39 is 19.9 Å². The van der Waals surface area contributed by atoms with E-state index >= 15 is 0 Å². The molecule has 0 atom stereocenters. The van der Waals surface area contributed by atoms with Crippen LogP contribution in [0.5, 0.6) is 0 Å². The first-order valence-electron chi connectivity index (χ1n) is 6.45. The van der Waals surface area contributed by atoms with E-state index in [1.807, 2.05) is 0 Å². The smallest absolute Gasteiger partial charge is 0.442 e. The van der Waals surface area contributed by atoms with Crippen LogP contribution >= 0.6 is 0 Å². The number of hydrogen-bond acceptors (Lipinski definition) is 6. The lowest BCUT2D eigenvalue weighted by molar-refractivity contribution is -0.00303. The van der Waals surface area contributed by atoms with Gasteiger partial charge in [0.15, 0.2) is 0 Å². The number of amidine groups is 3. The second kappa shape index (κ2) is 7.92. The standard InChI is InChI=1S/C5H7N5O2S.C5H6N4O2S/c1-2-9-13(11,12)5-4(10-6)7-3-8-5;1-3-7-4(9-6)5(8-3)12(2,10)11/h3,9H,2H2,1H3;1-2H3. The van der Waals surface area contributed by atoms with Crippen molar-refractivity contribution in [3.05, 3.63) is 11.1 Å². The molecule has 0 amide bonds. The van der Waals surface area contributed by atoms with Crippen molar-refractivity contribution in [1.82, 2.24) is 4.72 Å². The van der Waals surface area contributed by atoms with Crippen LogP contribution in [0.4, 0.5) is 0 Å². The van der Waals surface area contributed by atoms with Crippen LogP contribution < -0.4 is 4.72 Å². The number of hydrogen-bond donors (Lipinski definition) is 1. The minimum atomic E-state index is -3.69. The molecule has 2 aliphatic heterocycles. The van der Waals surface area contributed by atoms with Crippen LogP contribution in [0.2, 0.25) is 0 Å². The molecule has 0 spiro atoms. The van der Waals surface area contributed by atoms with Crippen LogP contribution in [0.15, 0.2) is 20.0 Å². The van der Waals surface area contributed by atoms with Crippen LogP contribution in [-0.2, 0) is 19.9 Å². The van der Waals surface area contributed by atoms with E-state index in [2.05, 4.69) is 34.3 Å². The Balaban J connectivity index is 0.000000251. The van der Waals surface area contributed by atoms with Gasteiger partial charge in [-0.3, -0.25) is 0 Å². The maximum absolute atomic E-state index is 11.3. The van der Waals surface area contributed by atoms with Gasteiger partial charge in [0.25, 0.3) is 20.1 Å². The largest absolute Gasteiger partial charge is 0.497 e. The Kier molecular flexibility index (Phi) is 6.44. The molecule has 0 unspecified atom stereocenters. The first-order chi connectivity index (χ1) is 11.6. The molecule has 0 aromatic carbocycles. The van der Waals surface area contributed by atoms with E-state index in [-0.39, 0.29) is 34.1 Å². The highest BCUT2D eigenvalue weighted by molar-refractivity contribution is 8.07. The fourth-order valence-corrected chi connectivity index (χ4v) is 3.25. The van der Waals surface area contributed by atoms with E-state index in [1.165, 1.54) is 6.92 Å². The lowest BCUT2D eigenvalue weighted by Crippen LogP contribution is -2.34. The van der Waals surface area contributed by atoms with Gasteiger partial charge in [0, 0.05) is 19.7 Å². The summed E-state index contributed by atoms with van der Waals surface area (Å²) < 4.78 is 46.7. The van der Waals surface area contributed by atoms with Crippen LogP contribution in [0.25, 0.3) is 11.1 Å². The molecule has 15 heteroatoms. The maximum Gasteiger partial charge on any atom is 0.442 e. The zero-order valence-corrected chi connectivity index (χ0v) is 14.9. The van der Waals surface area contributed by atoms with Gasteiger partial charge in [0.1, 0.15) is 0 Å². The molecule has 134 valence electrons. The summed E-state index contributed by atoms with van der Waals surface area (Å²) in [7, 11) is -7.14. The minimum Gasteiger partial charge on any atom is -0.497 e. The van der Waals surface area contributed by atoms with E-state index in [0.717, 1.165) is 12.6 Å². The zero-order chi connectivity index (χ0) is 19.3. The van der Waals surface area contributed by atoms with Crippen LogP contribution in [0.1, 0.15) is 13.8 Å². The highest BCUT2D eigenvalue weighted by atomic mass is 32.2. The van der Waals surface area contributed by atoms with Crippen LogP contribution in [-0.4, -0.2) is 73.1 Å². The molecule has 2 aliphatic rings. The fourth-order valence-electron chi connectivity index (χ4n) is 1.50. The summed E-state index contributed by atoms with van der Waals surface area (Å²) in [6, 6.07) is 0. The molecule has 0 radical (unpaired) electrons. The van der Waals surface area contributed by atoms with Crippen molar-refractivity contribution in [3.8, 4) is 0 Å². The van der Waals surface area contributed by atoms with Gasteiger partial charge in [-0.05, 0) is 9.98 Å². The molecule has 13 nitrogen and oxygen atoms in total. The summed E-state index contributed by atoms with van der Waals surface area (Å²) in [4.78, 5) is 19.5. The third kappa shape index (κ3) is 5.14. The van der Waals surface area contributed by atoms with Gasteiger partial charge in [-0.25, -0.2) is 21.6 Å². The van der Waals surface area contributed by atoms with Crippen molar-refractivity contribution in [1.29, 1.82) is 0 Å². The van der Waals surface area contributed by atoms with Crippen molar-refractivity contribution in [2.45, 2.75) is 13.8 Å². The van der Waals surface area contributed by atoms with Crippen molar-refractivity contribution in [2.24, 2.45) is 20.0 Å². The van der Waals surface area contributed by atoms with Crippen LogP contribution in [0.3, 0.4) is 0 Å². The van der Waals surface area contributed by atoms with E-state index in [1.54, 1.807) is 6.92 Å². The minimum absolute atomic E-state index is 0.236. The first-order valence-corrected chi connectivity index (χ1v) is 9.83. The van der Waals surface area contributed by atoms with Crippen molar-refractivity contribution < 1.29 is 26.4 Å². The Morgan fingerprint density at radius 1 is 1.08 bits per heavy atom. The van der Waals surface area contributed by atoms with Crippen molar-refractivity contribution >= 4 is 53.8 Å². The second-order valence-electron chi connectivity index (χ2n) is 4.38. The summed E-state index contributed by atoms with van der Waals surface area (Å²) in [5, 5.41) is -0.653. The third-order valence-corrected chi connectivity index (χ3v) is 4.84. The molecule has 0 aliphatic carbocycles. The number of nitrogens with one attached hydrogen (secondary N) is 1. The zero-order valence-electron chi connectivity index (χ0n) is 13.3. The molecular formula is C10H13N9O4S2. The van der Waals surface area contributed by atoms with Crippen molar-refractivity contribution in [2.75, 3.05) is 12.8 Å². The number of nitrogens with zero attached hydrogens (tertiary/aromatic N) is 8. The predicted octanol–water partition coefficient (Wildman–Crippen LogP) is -1.52. The van der Waals surface area contributed by atoms with Gasteiger partial charge in [-0.15, -0.1) is 0 Å². The highest BCUT2D eigenvalue weighted by Crippen LogP contribution is 2.03. The fraction of sp³-hybridized carbons (Fsp3) is 0.400. The predicted molar refractivity (Wildman–Crippen MR) is 91.2 cm³/mol. The van der Waals surface area contributed by atoms with Gasteiger partial charge in [-0.1, -0.05) is 6.92 Å². The topological polar surface area (TPSA) is 203 Å². The maximum atomic E-state index is 11.3. The molecule has 1 N–H and O–H groups in total. The molecule has 2 rings (SSSR count). The van der Waals surface area contributed by atoms with E-state index in [9.17, 15) is 16.8 Å². The Morgan fingerprint density at radius 2 is 1.68 bits per heavy atom. The summed E-state index contributed by atoms with van der Waals surface area (Å²) in [5.41, 5.74) is 16.7. The highest BCUT2D eigenvalue weighted by Gasteiger charge is 2.34. The summed E-state index contributed by atoms with van der Waals surface area (Å²) >= 11 is 0. The Morgan fingerprint density at radius 3 is 2.12 bits per heavy atom. The molecule has 2 heterocycles. The molecule has 25 heavy (non-hydrogen) atoms. The summed E-state index contributed by atoms with van der Waals surface area (Å²) in [6.07, 6.45) is 1.99. The lowest BCUT2D eigenvalue weighted by atomic mass is 10.7. The first kappa shape index (κ1) is 20.3. The van der Waals surface area contributed by atoms with Gasteiger partial charge >= 0.3 is 11.7 Å². The molecule has 0 aromatic rings. The number of aliphatic imine (C=N–C) groups is 4. The normalized spacial score (nSPS) is 16.4. The average molecular weight is 387 g/mol. The Labute approximate surface area is 143 Å². The molecule has 0 saturated carbocycles. The van der Waals surface area contributed by atoms with E-state index in [4.69, 9.17) is 11.1 Å². The molecular weight excluding hydrogens is 374 g/mol. The van der Waals surface area contributed by atoms with Gasteiger partial charge in [-0.2, -0.15) is 9.98 Å². The Hall–Kier alpha value is -2.70. The van der Waals surface area contributed by atoms with Gasteiger partial charge < -0.3 is 20.6 Å². The number of sulfone groups is 1. The average Bonchev–Trinajstić information content (AvgIpc) is 3.13. The molecule has 0 bridgehead atoms. The third-order valence-electron chi connectivity index (χ3n) is 2.40. The summed E-state index contributed by atoms with van der Waals surface area (Å²) in [5.74, 6) is -0.292. The Bertz CT molecular complexity index is 1000. The van der Waals surface area contributed by atoms with Gasteiger partial charge in [0.05, 0.1) is 0 Å². The molecule has 0 fully saturated rings. The van der Waals surface area contributed by atoms with Crippen LogP contribution in [0, 0.1) is 0 Å². The molecule has 0 saturated heterocycles. The SMILES string of the molecule is CC1=NC(=[N+]=[N-])C(S(C)(=O)=O)=N1.CCNS(=O)(=O)C1=NC=NC1=[N+]=[N-]. The monoisotopic (exact) mass is 387 g/mol. The summed E-state index contributed by atoms with van der Waals surface area (Å²) in [6.45, 7) is 3.38. The number of sulfonamides is 1. The van der Waals surface area contributed by atoms with E-state index in [0.29, 0.717) is 0 Å². The number of rotatable bonds is 2.